The summed E-state index contributed by atoms with van der Waals surface area (Å²) >= 11 is 0. The average Bonchev–Trinajstić information content (AvgIpc) is 2.17. The van der Waals surface area contributed by atoms with Crippen LogP contribution in [0.1, 0.15) is 15.9 Å². The molecule has 2 aromatic rings. The van der Waals surface area contributed by atoms with Gasteiger partial charge in [-0.05, 0) is 23.3 Å². The maximum Gasteiger partial charge on any atom is 0.336 e. The SMILES string of the molecule is Cc1ccc2ccccc2c1C(=O)O.[Ga]. The van der Waals surface area contributed by atoms with Crippen molar-refractivity contribution in [2.45, 2.75) is 6.92 Å². The molecule has 0 amide bonds. The van der Waals surface area contributed by atoms with Crippen LogP contribution >= 0.6 is 0 Å². The first-order valence-corrected chi connectivity index (χ1v) is 4.42. The van der Waals surface area contributed by atoms with E-state index in [2.05, 4.69) is 0 Å². The smallest absolute Gasteiger partial charge is 0.336 e. The second-order valence-electron chi connectivity index (χ2n) is 3.28. The van der Waals surface area contributed by atoms with Crippen LogP contribution in [0.4, 0.5) is 0 Å². The molecule has 2 aromatic carbocycles. The van der Waals surface area contributed by atoms with Crippen molar-refractivity contribution in [3.05, 3.63) is 47.5 Å². The Labute approximate surface area is 101 Å². The third-order valence-electron chi connectivity index (χ3n) is 2.35. The van der Waals surface area contributed by atoms with Gasteiger partial charge in [-0.15, -0.1) is 0 Å². The summed E-state index contributed by atoms with van der Waals surface area (Å²) in [7, 11) is 0. The van der Waals surface area contributed by atoms with Gasteiger partial charge in [0.25, 0.3) is 0 Å². The van der Waals surface area contributed by atoms with Crippen LogP contribution in [0.2, 0.25) is 0 Å². The Morgan fingerprint density at radius 3 is 2.47 bits per heavy atom. The topological polar surface area (TPSA) is 37.3 Å². The standard InChI is InChI=1S/C12H10O2.Ga/c1-8-6-7-9-4-2-3-5-10(9)11(8)12(13)14;/h2-7H,1H3,(H,13,14);. The quantitative estimate of drug-likeness (QED) is 0.795. The van der Waals surface area contributed by atoms with Crippen LogP contribution in [-0.4, -0.2) is 30.9 Å². The van der Waals surface area contributed by atoms with Gasteiger partial charge < -0.3 is 5.11 Å². The maximum absolute atomic E-state index is 11.0. The Bertz CT molecular complexity index is 506. The largest absolute Gasteiger partial charge is 0.478 e. The second-order valence-corrected chi connectivity index (χ2v) is 3.28. The minimum absolute atomic E-state index is 0. The monoisotopic (exact) mass is 255 g/mol. The van der Waals surface area contributed by atoms with Crippen molar-refractivity contribution < 1.29 is 9.90 Å². The number of carboxylic acids is 1. The summed E-state index contributed by atoms with van der Waals surface area (Å²) in [6.45, 7) is 1.82. The molecule has 0 aliphatic rings. The molecule has 0 saturated heterocycles. The number of carbonyl (C=O) groups is 1. The molecule has 73 valence electrons. The van der Waals surface area contributed by atoms with Crippen molar-refractivity contribution in [3.8, 4) is 0 Å². The average molecular weight is 256 g/mol. The molecule has 0 aromatic heterocycles. The number of aryl methyl sites for hydroxylation is 1. The predicted octanol–water partition coefficient (Wildman–Crippen LogP) is 2.47. The molecule has 0 aliphatic heterocycles. The minimum Gasteiger partial charge on any atom is -0.478 e. The molecule has 0 aliphatic carbocycles. The van der Waals surface area contributed by atoms with Gasteiger partial charge in [0, 0.05) is 19.8 Å². The molecule has 0 saturated carbocycles. The third kappa shape index (κ3) is 2.08. The number of fused-ring (bicyclic) bond motifs is 1. The van der Waals surface area contributed by atoms with Crippen molar-refractivity contribution in [1.82, 2.24) is 0 Å². The fourth-order valence-corrected chi connectivity index (χ4v) is 1.66. The van der Waals surface area contributed by atoms with E-state index in [1.165, 1.54) is 0 Å². The van der Waals surface area contributed by atoms with Crippen LogP contribution in [0.3, 0.4) is 0 Å². The van der Waals surface area contributed by atoms with Gasteiger partial charge in [-0.2, -0.15) is 0 Å². The molecule has 3 heteroatoms. The maximum atomic E-state index is 11.0. The van der Waals surface area contributed by atoms with Gasteiger partial charge in [-0.3, -0.25) is 0 Å². The van der Waals surface area contributed by atoms with Crippen molar-refractivity contribution in [2.75, 3.05) is 0 Å². The van der Waals surface area contributed by atoms with Gasteiger partial charge in [-0.25, -0.2) is 4.79 Å². The summed E-state index contributed by atoms with van der Waals surface area (Å²) in [5.41, 5.74) is 1.21. The van der Waals surface area contributed by atoms with E-state index in [1.807, 2.05) is 43.3 Å². The minimum atomic E-state index is -0.862. The first-order chi connectivity index (χ1) is 6.70. The van der Waals surface area contributed by atoms with Gasteiger partial charge in [0.1, 0.15) is 0 Å². The third-order valence-corrected chi connectivity index (χ3v) is 2.35. The van der Waals surface area contributed by atoms with Crippen LogP contribution in [0.15, 0.2) is 36.4 Å². The second kappa shape index (κ2) is 4.55. The van der Waals surface area contributed by atoms with E-state index in [1.54, 1.807) is 0 Å². The fourth-order valence-electron chi connectivity index (χ4n) is 1.66. The van der Waals surface area contributed by atoms with Crippen LogP contribution in [0.5, 0.6) is 0 Å². The summed E-state index contributed by atoms with van der Waals surface area (Å²) in [5, 5.41) is 10.8. The van der Waals surface area contributed by atoms with E-state index in [-0.39, 0.29) is 19.8 Å². The Morgan fingerprint density at radius 1 is 1.13 bits per heavy atom. The van der Waals surface area contributed by atoms with Gasteiger partial charge >= 0.3 is 5.97 Å². The van der Waals surface area contributed by atoms with E-state index >= 15 is 0 Å². The molecule has 0 atom stereocenters. The summed E-state index contributed by atoms with van der Waals surface area (Å²) in [5.74, 6) is -0.862. The summed E-state index contributed by atoms with van der Waals surface area (Å²) in [6, 6.07) is 11.3. The molecule has 1 N–H and O–H groups in total. The number of benzene rings is 2. The van der Waals surface area contributed by atoms with E-state index in [9.17, 15) is 4.79 Å². The molecule has 2 rings (SSSR count). The molecule has 0 spiro atoms. The molecule has 0 heterocycles. The molecule has 15 heavy (non-hydrogen) atoms. The summed E-state index contributed by atoms with van der Waals surface area (Å²) < 4.78 is 0. The summed E-state index contributed by atoms with van der Waals surface area (Å²) in [4.78, 5) is 11.0. The fraction of sp³-hybridized carbons (Fsp3) is 0.0833. The van der Waals surface area contributed by atoms with Crippen molar-refractivity contribution in [3.63, 3.8) is 0 Å². The van der Waals surface area contributed by atoms with Gasteiger partial charge in [0.05, 0.1) is 5.56 Å². The van der Waals surface area contributed by atoms with Crippen LogP contribution in [0.25, 0.3) is 10.8 Å². The van der Waals surface area contributed by atoms with E-state index in [0.29, 0.717) is 5.56 Å². The van der Waals surface area contributed by atoms with Gasteiger partial charge in [-0.1, -0.05) is 36.4 Å². The molecule has 0 unspecified atom stereocenters. The Balaban J connectivity index is 0.00000112. The molecule has 0 fully saturated rings. The van der Waals surface area contributed by atoms with Crippen molar-refractivity contribution in [2.24, 2.45) is 0 Å². The number of carboxylic acid groups (broad SMARTS) is 1. The van der Waals surface area contributed by atoms with Crippen LogP contribution < -0.4 is 0 Å². The van der Waals surface area contributed by atoms with E-state index in [4.69, 9.17) is 5.11 Å². The zero-order valence-corrected chi connectivity index (χ0v) is 10.8. The van der Waals surface area contributed by atoms with Crippen molar-refractivity contribution >= 4 is 36.5 Å². The van der Waals surface area contributed by atoms with Crippen molar-refractivity contribution in [1.29, 1.82) is 0 Å². The van der Waals surface area contributed by atoms with Gasteiger partial charge in [0.15, 0.2) is 0 Å². The number of rotatable bonds is 1. The number of hydrogen-bond acceptors (Lipinski definition) is 1. The molecule has 0 bridgehead atoms. The van der Waals surface area contributed by atoms with Gasteiger partial charge in [0.2, 0.25) is 0 Å². The molecular formula is C12H10GaO2. The number of hydrogen-bond donors (Lipinski definition) is 1. The molecule has 2 nitrogen and oxygen atoms in total. The van der Waals surface area contributed by atoms with Crippen LogP contribution in [-0.2, 0) is 0 Å². The number of aromatic carboxylic acids is 1. The first-order valence-electron chi connectivity index (χ1n) is 4.42. The first kappa shape index (κ1) is 11.9. The zero-order valence-electron chi connectivity index (χ0n) is 8.40. The predicted molar refractivity (Wildman–Crippen MR) is 61.4 cm³/mol. The van der Waals surface area contributed by atoms with E-state index < -0.39 is 5.97 Å². The van der Waals surface area contributed by atoms with E-state index in [0.717, 1.165) is 16.3 Å². The summed E-state index contributed by atoms with van der Waals surface area (Å²) in [6.07, 6.45) is 0. The molecular weight excluding hydrogens is 246 g/mol. The normalized spacial score (nSPS) is 9.67. The zero-order chi connectivity index (χ0) is 10.1. The molecule has 3 radical (unpaired) electrons. The van der Waals surface area contributed by atoms with Crippen LogP contribution in [0, 0.1) is 6.92 Å². The Kier molecular flexibility index (Phi) is 3.60. The Hall–Kier alpha value is -1.19. The Morgan fingerprint density at radius 2 is 1.80 bits per heavy atom.